The maximum absolute atomic E-state index is 10.7. The molecule has 0 bridgehead atoms. The molecule has 0 fully saturated rings. The van der Waals surface area contributed by atoms with Crippen molar-refractivity contribution in [3.8, 4) is 0 Å². The Morgan fingerprint density at radius 1 is 0.885 bits per heavy atom. The van der Waals surface area contributed by atoms with Crippen molar-refractivity contribution in [2.45, 2.75) is 59.2 Å². The minimum absolute atomic E-state index is 0.125. The fourth-order valence-corrected chi connectivity index (χ4v) is 4.38. The van der Waals surface area contributed by atoms with Crippen LogP contribution >= 0.6 is 0 Å². The van der Waals surface area contributed by atoms with Crippen molar-refractivity contribution in [1.82, 2.24) is 4.57 Å². The van der Waals surface area contributed by atoms with E-state index >= 15 is 0 Å². The Hall–Kier alpha value is -1.84. The molecule has 1 atom stereocenters. The Balaban J connectivity index is 1.78. The van der Waals surface area contributed by atoms with E-state index in [1.807, 2.05) is 0 Å². The van der Waals surface area contributed by atoms with Crippen molar-refractivity contribution in [2.24, 2.45) is 5.41 Å². The lowest BCUT2D eigenvalue weighted by molar-refractivity contribution is -0.727. The van der Waals surface area contributed by atoms with Gasteiger partial charge in [0.1, 0.15) is 12.6 Å². The Bertz CT molecular complexity index is 833. The lowest BCUT2D eigenvalue weighted by atomic mass is 9.82. The van der Waals surface area contributed by atoms with Gasteiger partial charge in [0.05, 0.1) is 12.1 Å². The SMILES string of the molecule is CC(C)(C)CC(C)(C)[NH2+]C[C@@H](O)Cn1c2ccccc2c2ccccc21. The maximum atomic E-state index is 10.7. The van der Waals surface area contributed by atoms with Crippen LogP contribution in [0.4, 0.5) is 0 Å². The van der Waals surface area contributed by atoms with Gasteiger partial charge in [-0.2, -0.15) is 0 Å². The van der Waals surface area contributed by atoms with E-state index in [0.717, 1.165) is 6.42 Å². The molecule has 26 heavy (non-hydrogen) atoms. The third-order valence-electron chi connectivity index (χ3n) is 5.00. The molecule has 0 amide bonds. The topological polar surface area (TPSA) is 41.8 Å². The van der Waals surface area contributed by atoms with Crippen LogP contribution in [0.5, 0.6) is 0 Å². The molecule has 3 heteroatoms. The summed E-state index contributed by atoms with van der Waals surface area (Å²) in [6.45, 7) is 12.7. The number of hydrogen-bond acceptors (Lipinski definition) is 1. The zero-order valence-corrected chi connectivity index (χ0v) is 16.8. The van der Waals surface area contributed by atoms with Gasteiger partial charge in [0.15, 0.2) is 0 Å². The third kappa shape index (κ3) is 4.28. The van der Waals surface area contributed by atoms with E-state index in [1.165, 1.54) is 21.8 Å². The van der Waals surface area contributed by atoms with Gasteiger partial charge in [-0.25, -0.2) is 0 Å². The number of hydrogen-bond donors (Lipinski definition) is 2. The molecule has 0 aliphatic carbocycles. The van der Waals surface area contributed by atoms with E-state index in [2.05, 4.69) is 93.0 Å². The summed E-state index contributed by atoms with van der Waals surface area (Å²) in [5, 5.41) is 15.6. The number of nitrogens with two attached hydrogens (primary N) is 1. The van der Waals surface area contributed by atoms with Gasteiger partial charge in [-0.15, -0.1) is 0 Å². The second-order valence-corrected chi connectivity index (χ2v) is 9.46. The molecule has 2 aromatic carbocycles. The highest BCUT2D eigenvalue weighted by Crippen LogP contribution is 2.29. The molecule has 0 saturated heterocycles. The summed E-state index contributed by atoms with van der Waals surface area (Å²) in [7, 11) is 0. The molecular formula is C23H33N2O+. The highest BCUT2D eigenvalue weighted by atomic mass is 16.3. The van der Waals surface area contributed by atoms with Crippen LogP contribution in [-0.2, 0) is 6.54 Å². The minimum Gasteiger partial charge on any atom is -0.385 e. The largest absolute Gasteiger partial charge is 0.385 e. The normalized spacial score (nSPS) is 14.2. The minimum atomic E-state index is -0.381. The number of aliphatic hydroxyl groups excluding tert-OH is 1. The number of nitrogens with zero attached hydrogens (tertiary/aromatic N) is 1. The maximum Gasteiger partial charge on any atom is 0.121 e. The van der Waals surface area contributed by atoms with E-state index in [1.54, 1.807) is 0 Å². The van der Waals surface area contributed by atoms with Crippen molar-refractivity contribution in [3.63, 3.8) is 0 Å². The average Bonchev–Trinajstić information content (AvgIpc) is 2.86. The summed E-state index contributed by atoms with van der Waals surface area (Å²) in [6, 6.07) is 16.9. The molecule has 3 rings (SSSR count). The number of para-hydroxylation sites is 2. The van der Waals surface area contributed by atoms with Crippen molar-refractivity contribution < 1.29 is 10.4 Å². The number of benzene rings is 2. The lowest BCUT2D eigenvalue weighted by Gasteiger charge is -2.31. The quantitative estimate of drug-likeness (QED) is 0.693. The van der Waals surface area contributed by atoms with Gasteiger partial charge >= 0.3 is 0 Å². The second-order valence-electron chi connectivity index (χ2n) is 9.46. The average molecular weight is 354 g/mol. The van der Waals surface area contributed by atoms with Crippen LogP contribution in [0.25, 0.3) is 21.8 Å². The Kier molecular flexibility index (Phi) is 5.14. The van der Waals surface area contributed by atoms with Gasteiger partial charge in [0.2, 0.25) is 0 Å². The van der Waals surface area contributed by atoms with E-state index < -0.39 is 0 Å². The molecular weight excluding hydrogens is 320 g/mol. The standard InChI is InChI=1S/C23H32N2O/c1-22(2,3)16-23(4,5)24-14-17(26)15-25-20-12-8-6-10-18(20)19-11-7-9-13-21(19)25/h6-13,17,24,26H,14-16H2,1-5H3/p+1/t17-/m1/s1. The van der Waals surface area contributed by atoms with E-state index in [4.69, 9.17) is 0 Å². The van der Waals surface area contributed by atoms with Crippen LogP contribution < -0.4 is 5.32 Å². The van der Waals surface area contributed by atoms with Gasteiger partial charge in [-0.05, 0) is 31.4 Å². The number of rotatable bonds is 6. The number of aromatic nitrogens is 1. The molecule has 140 valence electrons. The fourth-order valence-electron chi connectivity index (χ4n) is 4.38. The molecule has 0 aliphatic heterocycles. The summed E-state index contributed by atoms with van der Waals surface area (Å²) in [5.41, 5.74) is 2.81. The summed E-state index contributed by atoms with van der Waals surface area (Å²) in [6.07, 6.45) is 0.732. The smallest absolute Gasteiger partial charge is 0.121 e. The molecule has 1 aromatic heterocycles. The molecule has 0 unspecified atom stereocenters. The summed E-state index contributed by atoms with van der Waals surface area (Å²) >= 11 is 0. The summed E-state index contributed by atoms with van der Waals surface area (Å²) in [4.78, 5) is 0. The second kappa shape index (κ2) is 7.05. The molecule has 3 N–H and O–H groups in total. The molecule has 0 spiro atoms. The zero-order valence-electron chi connectivity index (χ0n) is 16.8. The number of aliphatic hydroxyl groups is 1. The molecule has 3 aromatic rings. The molecule has 3 nitrogen and oxygen atoms in total. The highest BCUT2D eigenvalue weighted by Gasteiger charge is 2.29. The first-order valence-electron chi connectivity index (χ1n) is 9.65. The van der Waals surface area contributed by atoms with Gasteiger partial charge in [-0.3, -0.25) is 0 Å². The Morgan fingerprint density at radius 3 is 1.88 bits per heavy atom. The van der Waals surface area contributed by atoms with Gasteiger partial charge < -0.3 is 15.0 Å². The first-order valence-corrected chi connectivity index (χ1v) is 9.65. The van der Waals surface area contributed by atoms with E-state index in [0.29, 0.717) is 13.1 Å². The first kappa shape index (κ1) is 18.9. The van der Waals surface area contributed by atoms with Gasteiger partial charge in [-0.1, -0.05) is 57.2 Å². The Morgan fingerprint density at radius 2 is 1.38 bits per heavy atom. The molecule has 1 heterocycles. The fraction of sp³-hybridized carbons (Fsp3) is 0.478. The predicted molar refractivity (Wildman–Crippen MR) is 110 cm³/mol. The van der Waals surface area contributed by atoms with Crippen LogP contribution in [-0.4, -0.2) is 27.9 Å². The van der Waals surface area contributed by atoms with Gasteiger partial charge in [0.25, 0.3) is 0 Å². The van der Waals surface area contributed by atoms with Crippen molar-refractivity contribution in [3.05, 3.63) is 48.5 Å². The molecule has 0 radical (unpaired) electrons. The van der Waals surface area contributed by atoms with Crippen LogP contribution in [0.3, 0.4) is 0 Å². The van der Waals surface area contributed by atoms with Crippen molar-refractivity contribution in [1.29, 1.82) is 0 Å². The predicted octanol–water partition coefficient (Wildman–Crippen LogP) is 3.93. The third-order valence-corrected chi connectivity index (χ3v) is 5.00. The number of fused-ring (bicyclic) bond motifs is 3. The van der Waals surface area contributed by atoms with Gasteiger partial charge in [0, 0.05) is 28.2 Å². The van der Waals surface area contributed by atoms with Crippen LogP contribution in [0.2, 0.25) is 0 Å². The molecule has 0 aliphatic rings. The monoisotopic (exact) mass is 353 g/mol. The van der Waals surface area contributed by atoms with E-state index in [9.17, 15) is 5.11 Å². The Labute approximate surface area is 157 Å². The van der Waals surface area contributed by atoms with Crippen molar-refractivity contribution >= 4 is 21.8 Å². The lowest BCUT2D eigenvalue weighted by Crippen LogP contribution is -2.97. The summed E-state index contributed by atoms with van der Waals surface area (Å²) < 4.78 is 2.26. The first-order chi connectivity index (χ1) is 12.2. The van der Waals surface area contributed by atoms with Crippen LogP contribution in [0.1, 0.15) is 41.0 Å². The zero-order chi connectivity index (χ0) is 18.9. The number of quaternary nitrogens is 1. The van der Waals surface area contributed by atoms with Crippen LogP contribution in [0, 0.1) is 5.41 Å². The summed E-state index contributed by atoms with van der Waals surface area (Å²) in [5.74, 6) is 0. The van der Waals surface area contributed by atoms with E-state index in [-0.39, 0.29) is 17.1 Å². The van der Waals surface area contributed by atoms with Crippen molar-refractivity contribution in [2.75, 3.05) is 6.54 Å². The molecule has 0 saturated carbocycles. The highest BCUT2D eigenvalue weighted by molar-refractivity contribution is 6.07. The van der Waals surface area contributed by atoms with Crippen LogP contribution in [0.15, 0.2) is 48.5 Å².